The Balaban J connectivity index is 1.84. The fourth-order valence-electron chi connectivity index (χ4n) is 5.30. The molecular weight excluding hydrogens is 486 g/mol. The minimum absolute atomic E-state index is 0.00152. The van der Waals surface area contributed by atoms with Gasteiger partial charge in [0, 0.05) is 29.3 Å². The minimum Gasteiger partial charge on any atom is -0.497 e. The molecule has 8 nitrogen and oxygen atoms in total. The predicted octanol–water partition coefficient (Wildman–Crippen LogP) is 5.04. The summed E-state index contributed by atoms with van der Waals surface area (Å²) in [7, 11) is 6.24. The molecule has 0 unspecified atom stereocenters. The van der Waals surface area contributed by atoms with Crippen molar-refractivity contribution < 1.29 is 33.3 Å². The molecule has 4 rings (SSSR count). The smallest absolute Gasteiger partial charge is 0.336 e. The van der Waals surface area contributed by atoms with Crippen molar-refractivity contribution in [1.29, 1.82) is 0 Å². The quantitative estimate of drug-likeness (QED) is 0.459. The van der Waals surface area contributed by atoms with Gasteiger partial charge in [-0.15, -0.1) is 0 Å². The monoisotopic (exact) mass is 521 g/mol. The SMILES string of the molecule is CCCOC(=O)C1=C(C)NC2=C(C(=O)C[C@@H](c3ccc(OC)cc3)C2)[C@@H]1c1cc(OC)c(OC)c(OC)c1. The topological polar surface area (TPSA) is 92.3 Å². The summed E-state index contributed by atoms with van der Waals surface area (Å²) in [5, 5.41) is 3.38. The van der Waals surface area contributed by atoms with Gasteiger partial charge in [-0.3, -0.25) is 4.79 Å². The maximum Gasteiger partial charge on any atom is 0.336 e. The van der Waals surface area contributed by atoms with E-state index in [4.69, 9.17) is 23.7 Å². The fraction of sp³-hybridized carbons (Fsp3) is 0.400. The number of ether oxygens (including phenoxy) is 5. The average molecular weight is 522 g/mol. The summed E-state index contributed by atoms with van der Waals surface area (Å²) in [4.78, 5) is 27.2. The molecule has 2 aromatic carbocycles. The first-order chi connectivity index (χ1) is 18.4. The van der Waals surface area contributed by atoms with Gasteiger partial charge in [-0.25, -0.2) is 4.79 Å². The first kappa shape index (κ1) is 27.1. The third-order valence-electron chi connectivity index (χ3n) is 7.09. The molecule has 1 heterocycles. The number of ketones is 1. The van der Waals surface area contributed by atoms with Gasteiger partial charge in [-0.2, -0.15) is 0 Å². The molecule has 0 saturated heterocycles. The summed E-state index contributed by atoms with van der Waals surface area (Å²) in [6, 6.07) is 11.4. The molecule has 2 aromatic rings. The van der Waals surface area contributed by atoms with Gasteiger partial charge in [-0.1, -0.05) is 19.1 Å². The van der Waals surface area contributed by atoms with Crippen LogP contribution in [0.5, 0.6) is 23.0 Å². The second-order valence-electron chi connectivity index (χ2n) is 9.39. The van der Waals surface area contributed by atoms with E-state index >= 15 is 0 Å². The maximum atomic E-state index is 13.9. The summed E-state index contributed by atoms with van der Waals surface area (Å²) in [6.07, 6.45) is 1.64. The van der Waals surface area contributed by atoms with Gasteiger partial charge in [0.2, 0.25) is 5.75 Å². The van der Waals surface area contributed by atoms with Gasteiger partial charge < -0.3 is 29.0 Å². The summed E-state index contributed by atoms with van der Waals surface area (Å²) >= 11 is 0. The molecule has 1 aliphatic carbocycles. The number of Topliss-reactive ketones (excluding diaryl/α,β-unsaturated/α-hetero) is 1. The zero-order chi connectivity index (χ0) is 27.4. The molecular formula is C30H35NO7. The summed E-state index contributed by atoms with van der Waals surface area (Å²) < 4.78 is 27.5. The molecule has 0 saturated carbocycles. The standard InChI is InChI=1S/C30H35NO7/c1-7-12-38-30(33)26-17(2)31-22-13-19(18-8-10-21(34-3)11-9-18)14-23(32)28(22)27(26)20-15-24(35-4)29(37-6)25(16-20)36-5/h8-11,15-16,19,27,31H,7,12-14H2,1-6H3/t19-,27+/m0/s1. The van der Waals surface area contributed by atoms with E-state index in [2.05, 4.69) is 5.32 Å². The Hall–Kier alpha value is -3.94. The van der Waals surface area contributed by atoms with Crippen molar-refractivity contribution in [3.8, 4) is 23.0 Å². The summed E-state index contributed by atoms with van der Waals surface area (Å²) in [5.74, 6) is 0.978. The van der Waals surface area contributed by atoms with Crippen molar-refractivity contribution in [2.45, 2.75) is 44.9 Å². The van der Waals surface area contributed by atoms with E-state index in [9.17, 15) is 9.59 Å². The van der Waals surface area contributed by atoms with Crippen LogP contribution in [0.4, 0.5) is 0 Å². The number of dihydropyridines is 1. The molecule has 2 aliphatic rings. The number of carbonyl (C=O) groups excluding carboxylic acids is 2. The lowest BCUT2D eigenvalue weighted by Gasteiger charge is -2.37. The maximum absolute atomic E-state index is 13.9. The van der Waals surface area contributed by atoms with Crippen LogP contribution in [0.25, 0.3) is 0 Å². The first-order valence-corrected chi connectivity index (χ1v) is 12.7. The third kappa shape index (κ3) is 5.08. The molecule has 0 spiro atoms. The van der Waals surface area contributed by atoms with Crippen LogP contribution >= 0.6 is 0 Å². The van der Waals surface area contributed by atoms with E-state index in [0.29, 0.717) is 58.9 Å². The second-order valence-corrected chi connectivity index (χ2v) is 9.39. The number of allylic oxidation sites excluding steroid dienone is 3. The Kier molecular flexibility index (Phi) is 8.29. The number of rotatable bonds is 9. The van der Waals surface area contributed by atoms with Gasteiger partial charge in [0.05, 0.1) is 40.6 Å². The number of methoxy groups -OCH3 is 4. The Morgan fingerprint density at radius 3 is 2.13 bits per heavy atom. The van der Waals surface area contributed by atoms with Gasteiger partial charge in [0.15, 0.2) is 17.3 Å². The molecule has 1 aliphatic heterocycles. The number of carbonyl (C=O) groups is 2. The lowest BCUT2D eigenvalue weighted by molar-refractivity contribution is -0.139. The number of nitrogens with one attached hydrogen (secondary N) is 1. The Bertz CT molecular complexity index is 1250. The summed E-state index contributed by atoms with van der Waals surface area (Å²) in [6.45, 7) is 4.07. The van der Waals surface area contributed by atoms with Gasteiger partial charge in [0.1, 0.15) is 5.75 Å². The van der Waals surface area contributed by atoms with E-state index in [1.807, 2.05) is 38.1 Å². The van der Waals surface area contributed by atoms with Crippen molar-refractivity contribution in [3.63, 3.8) is 0 Å². The third-order valence-corrected chi connectivity index (χ3v) is 7.09. The first-order valence-electron chi connectivity index (χ1n) is 12.7. The van der Waals surface area contributed by atoms with Gasteiger partial charge >= 0.3 is 5.97 Å². The normalized spacial score (nSPS) is 18.9. The van der Waals surface area contributed by atoms with Crippen LogP contribution in [-0.2, 0) is 14.3 Å². The van der Waals surface area contributed by atoms with E-state index in [-0.39, 0.29) is 18.3 Å². The van der Waals surface area contributed by atoms with E-state index in [0.717, 1.165) is 17.0 Å². The molecule has 38 heavy (non-hydrogen) atoms. The van der Waals surface area contributed by atoms with Crippen molar-refractivity contribution in [2.75, 3.05) is 35.0 Å². The van der Waals surface area contributed by atoms with Crippen LogP contribution in [0.1, 0.15) is 56.1 Å². The summed E-state index contributed by atoms with van der Waals surface area (Å²) in [5.41, 5.74) is 4.19. The molecule has 202 valence electrons. The van der Waals surface area contributed by atoms with Gasteiger partial charge in [-0.05, 0) is 61.1 Å². The van der Waals surface area contributed by atoms with E-state index in [1.165, 1.54) is 21.3 Å². The largest absolute Gasteiger partial charge is 0.497 e. The lowest BCUT2D eigenvalue weighted by Crippen LogP contribution is -2.36. The number of hydrogen-bond donors (Lipinski definition) is 1. The van der Waals surface area contributed by atoms with Gasteiger partial charge in [0.25, 0.3) is 0 Å². The van der Waals surface area contributed by atoms with E-state index < -0.39 is 11.9 Å². The van der Waals surface area contributed by atoms with E-state index in [1.54, 1.807) is 19.2 Å². The van der Waals surface area contributed by atoms with Crippen LogP contribution in [0.2, 0.25) is 0 Å². The molecule has 0 radical (unpaired) electrons. The van der Waals surface area contributed by atoms with Crippen molar-refractivity contribution in [3.05, 3.63) is 70.1 Å². The average Bonchev–Trinajstić information content (AvgIpc) is 2.94. The molecule has 0 aromatic heterocycles. The molecule has 2 atom stereocenters. The number of esters is 1. The predicted molar refractivity (Wildman–Crippen MR) is 143 cm³/mol. The molecule has 1 N–H and O–H groups in total. The highest BCUT2D eigenvalue weighted by molar-refractivity contribution is 6.04. The van der Waals surface area contributed by atoms with Crippen LogP contribution in [0, 0.1) is 0 Å². The molecule has 0 bridgehead atoms. The molecule has 8 heteroatoms. The van der Waals surface area contributed by atoms with Crippen LogP contribution < -0.4 is 24.3 Å². The van der Waals surface area contributed by atoms with Crippen LogP contribution in [0.3, 0.4) is 0 Å². The zero-order valence-electron chi connectivity index (χ0n) is 22.8. The highest BCUT2D eigenvalue weighted by Crippen LogP contribution is 2.49. The molecule has 0 fully saturated rings. The minimum atomic E-state index is -0.645. The fourth-order valence-corrected chi connectivity index (χ4v) is 5.30. The Labute approximate surface area is 223 Å². The molecule has 0 amide bonds. The zero-order valence-corrected chi connectivity index (χ0v) is 22.8. The lowest BCUT2D eigenvalue weighted by atomic mass is 9.71. The van der Waals surface area contributed by atoms with Crippen LogP contribution in [-0.4, -0.2) is 46.8 Å². The highest BCUT2D eigenvalue weighted by atomic mass is 16.5. The van der Waals surface area contributed by atoms with Crippen molar-refractivity contribution >= 4 is 11.8 Å². The van der Waals surface area contributed by atoms with Crippen molar-refractivity contribution in [1.82, 2.24) is 5.32 Å². The highest BCUT2D eigenvalue weighted by Gasteiger charge is 2.42. The second kappa shape index (κ2) is 11.6. The van der Waals surface area contributed by atoms with Crippen molar-refractivity contribution in [2.24, 2.45) is 0 Å². The Morgan fingerprint density at radius 1 is 0.921 bits per heavy atom. The number of hydrogen-bond acceptors (Lipinski definition) is 8. The number of benzene rings is 2. The van der Waals surface area contributed by atoms with Crippen LogP contribution in [0.15, 0.2) is 58.9 Å². The Morgan fingerprint density at radius 2 is 1.58 bits per heavy atom.